The van der Waals surface area contributed by atoms with Crippen molar-refractivity contribution in [2.45, 2.75) is 65.4 Å². The van der Waals surface area contributed by atoms with Crippen molar-refractivity contribution >= 4 is 40.0 Å². The molecule has 1 saturated heterocycles. The Kier molecular flexibility index (Phi) is 8.36. The van der Waals surface area contributed by atoms with Gasteiger partial charge in [-0.25, -0.2) is 13.1 Å². The van der Waals surface area contributed by atoms with Gasteiger partial charge in [-0.05, 0) is 38.8 Å². The predicted molar refractivity (Wildman–Crippen MR) is 128 cm³/mol. The molecular formula is C20H35IN4O2S. The molecule has 160 valence electrons. The monoisotopic (exact) mass is 522 g/mol. The summed E-state index contributed by atoms with van der Waals surface area (Å²) >= 11 is 0. The van der Waals surface area contributed by atoms with Crippen LogP contribution in [0.25, 0.3) is 0 Å². The quantitative estimate of drug-likeness (QED) is 0.342. The Hall–Kier alpha value is -0.870. The summed E-state index contributed by atoms with van der Waals surface area (Å²) in [6.45, 7) is 14.1. The van der Waals surface area contributed by atoms with Gasteiger partial charge in [-0.15, -0.1) is 24.0 Å². The maximum Gasteiger partial charge on any atom is 0.216 e. The summed E-state index contributed by atoms with van der Waals surface area (Å²) in [7, 11) is -1.58. The number of guanidine groups is 1. The van der Waals surface area contributed by atoms with Crippen molar-refractivity contribution in [2.24, 2.45) is 10.4 Å². The summed E-state index contributed by atoms with van der Waals surface area (Å²) in [4.78, 5) is 6.70. The van der Waals surface area contributed by atoms with E-state index in [0.29, 0.717) is 6.54 Å². The normalized spacial score (nSPS) is 18.4. The Morgan fingerprint density at radius 1 is 1.18 bits per heavy atom. The van der Waals surface area contributed by atoms with Gasteiger partial charge in [-0.1, -0.05) is 38.1 Å². The largest absolute Gasteiger partial charge is 0.352 e. The fraction of sp³-hybridized carbons (Fsp3) is 0.650. The summed E-state index contributed by atoms with van der Waals surface area (Å²) < 4.78 is 27.3. The van der Waals surface area contributed by atoms with Crippen LogP contribution in [0.5, 0.6) is 0 Å². The van der Waals surface area contributed by atoms with Crippen LogP contribution in [0.1, 0.15) is 52.7 Å². The van der Waals surface area contributed by atoms with Crippen molar-refractivity contribution in [3.8, 4) is 0 Å². The highest BCUT2D eigenvalue weighted by molar-refractivity contribution is 14.0. The Labute approximate surface area is 187 Å². The van der Waals surface area contributed by atoms with Gasteiger partial charge in [0.1, 0.15) is 0 Å². The van der Waals surface area contributed by atoms with Gasteiger partial charge in [0, 0.05) is 37.1 Å². The molecule has 1 aliphatic heterocycles. The van der Waals surface area contributed by atoms with E-state index in [9.17, 15) is 8.42 Å². The summed E-state index contributed by atoms with van der Waals surface area (Å²) in [5, 5.41) is 3.41. The van der Waals surface area contributed by atoms with Crippen LogP contribution in [0.4, 0.5) is 0 Å². The van der Waals surface area contributed by atoms with Gasteiger partial charge in [0.2, 0.25) is 10.0 Å². The van der Waals surface area contributed by atoms with E-state index in [1.54, 1.807) is 7.05 Å². The Balaban J connectivity index is 0.00000392. The van der Waals surface area contributed by atoms with Gasteiger partial charge in [0.15, 0.2) is 5.96 Å². The standard InChI is InChI=1S/C20H34N4O2S.HI/c1-15(2)23-27(25,26)13-17-11-9-8-10-16(17)12-22-18(21-7)24-14-19(3,4)20(24,5)6;/h8-11,15,23H,12-14H2,1-7H3,(H,21,22);1H. The molecule has 1 aromatic carbocycles. The summed E-state index contributed by atoms with van der Waals surface area (Å²) in [6, 6.07) is 7.53. The van der Waals surface area contributed by atoms with Gasteiger partial charge in [-0.2, -0.15) is 0 Å². The Morgan fingerprint density at radius 2 is 1.75 bits per heavy atom. The third kappa shape index (κ3) is 5.60. The van der Waals surface area contributed by atoms with Crippen molar-refractivity contribution < 1.29 is 8.42 Å². The van der Waals surface area contributed by atoms with Gasteiger partial charge >= 0.3 is 0 Å². The van der Waals surface area contributed by atoms with Gasteiger partial charge in [0.05, 0.1) is 5.75 Å². The molecule has 28 heavy (non-hydrogen) atoms. The van der Waals surface area contributed by atoms with Crippen LogP contribution in [0.3, 0.4) is 0 Å². The Bertz CT molecular complexity index is 804. The smallest absolute Gasteiger partial charge is 0.216 e. The third-order valence-electron chi connectivity index (χ3n) is 5.67. The molecule has 0 amide bonds. The van der Waals surface area contributed by atoms with E-state index >= 15 is 0 Å². The van der Waals surface area contributed by atoms with Crippen molar-refractivity contribution in [3.63, 3.8) is 0 Å². The molecule has 0 unspecified atom stereocenters. The summed E-state index contributed by atoms with van der Waals surface area (Å²) in [5.41, 5.74) is 2.00. The fourth-order valence-electron chi connectivity index (χ4n) is 3.35. The zero-order valence-corrected chi connectivity index (χ0v) is 21.2. The molecule has 0 bridgehead atoms. The van der Waals surface area contributed by atoms with Crippen LogP contribution in [-0.2, 0) is 22.3 Å². The lowest BCUT2D eigenvalue weighted by molar-refractivity contribution is -0.0667. The maximum atomic E-state index is 12.3. The van der Waals surface area contributed by atoms with Crippen LogP contribution in [0.15, 0.2) is 29.3 Å². The van der Waals surface area contributed by atoms with E-state index in [4.69, 9.17) is 0 Å². The topological polar surface area (TPSA) is 73.8 Å². The molecule has 1 aliphatic rings. The lowest BCUT2D eigenvalue weighted by Gasteiger charge is -2.62. The molecule has 2 rings (SSSR count). The number of sulfonamides is 1. The van der Waals surface area contributed by atoms with E-state index in [-0.39, 0.29) is 46.7 Å². The minimum atomic E-state index is -3.36. The second-order valence-electron chi connectivity index (χ2n) is 8.73. The first-order valence-electron chi connectivity index (χ1n) is 9.45. The molecule has 1 fully saturated rings. The Morgan fingerprint density at radius 3 is 2.21 bits per heavy atom. The average molecular weight is 522 g/mol. The second-order valence-corrected chi connectivity index (χ2v) is 10.5. The van der Waals surface area contributed by atoms with Crippen LogP contribution in [0.2, 0.25) is 0 Å². The van der Waals surface area contributed by atoms with Gasteiger partial charge in [-0.3, -0.25) is 4.99 Å². The lowest BCUT2D eigenvalue weighted by atomic mass is 9.65. The molecule has 0 atom stereocenters. The van der Waals surface area contributed by atoms with E-state index < -0.39 is 10.0 Å². The molecule has 6 nitrogen and oxygen atoms in total. The maximum absolute atomic E-state index is 12.3. The highest BCUT2D eigenvalue weighted by Crippen LogP contribution is 2.46. The number of nitrogens with zero attached hydrogens (tertiary/aromatic N) is 2. The molecule has 0 spiro atoms. The number of hydrogen-bond acceptors (Lipinski definition) is 3. The summed E-state index contributed by atoms with van der Waals surface area (Å²) in [5.74, 6) is 0.821. The number of aliphatic imine (C=N–C) groups is 1. The highest BCUT2D eigenvalue weighted by atomic mass is 127. The van der Waals surface area contributed by atoms with Crippen molar-refractivity contribution in [1.82, 2.24) is 14.9 Å². The molecule has 0 aromatic heterocycles. The van der Waals surface area contributed by atoms with Gasteiger partial charge in [0.25, 0.3) is 0 Å². The average Bonchev–Trinajstić information content (AvgIpc) is 2.54. The van der Waals surface area contributed by atoms with Crippen molar-refractivity contribution in [3.05, 3.63) is 35.4 Å². The first kappa shape index (κ1) is 25.2. The van der Waals surface area contributed by atoms with Crippen LogP contribution in [0, 0.1) is 5.41 Å². The van der Waals surface area contributed by atoms with Crippen LogP contribution >= 0.6 is 24.0 Å². The second kappa shape index (κ2) is 9.30. The molecule has 0 radical (unpaired) electrons. The van der Waals surface area contributed by atoms with Crippen LogP contribution in [-0.4, -0.2) is 44.5 Å². The first-order chi connectivity index (χ1) is 12.4. The lowest BCUT2D eigenvalue weighted by Crippen LogP contribution is -2.72. The SMILES string of the molecule is CN=C(NCc1ccccc1CS(=O)(=O)NC(C)C)N1CC(C)(C)C1(C)C.I. The van der Waals surface area contributed by atoms with Crippen molar-refractivity contribution in [1.29, 1.82) is 0 Å². The summed E-state index contributed by atoms with van der Waals surface area (Å²) in [6.07, 6.45) is 0. The van der Waals surface area contributed by atoms with Gasteiger partial charge < -0.3 is 10.2 Å². The molecular weight excluding hydrogens is 487 g/mol. The highest BCUT2D eigenvalue weighted by Gasteiger charge is 2.53. The predicted octanol–water partition coefficient (Wildman–Crippen LogP) is 3.33. The number of nitrogens with one attached hydrogen (secondary N) is 2. The van der Waals surface area contributed by atoms with E-state index in [1.807, 2.05) is 38.1 Å². The number of hydrogen-bond donors (Lipinski definition) is 2. The minimum absolute atomic E-state index is 0. The zero-order chi connectivity index (χ0) is 20.5. The molecule has 2 N–H and O–H groups in total. The molecule has 1 aromatic rings. The number of rotatable bonds is 6. The molecule has 0 aliphatic carbocycles. The fourth-order valence-corrected chi connectivity index (χ4v) is 4.84. The van der Waals surface area contributed by atoms with Crippen molar-refractivity contribution in [2.75, 3.05) is 13.6 Å². The van der Waals surface area contributed by atoms with E-state index in [2.05, 4.69) is 47.6 Å². The first-order valence-corrected chi connectivity index (χ1v) is 11.1. The van der Waals surface area contributed by atoms with E-state index in [0.717, 1.165) is 23.6 Å². The number of halogens is 1. The zero-order valence-electron chi connectivity index (χ0n) is 18.0. The van der Waals surface area contributed by atoms with Crippen LogP contribution < -0.4 is 10.0 Å². The number of likely N-dealkylation sites (tertiary alicyclic amines) is 1. The molecule has 8 heteroatoms. The molecule has 1 heterocycles. The van der Waals surface area contributed by atoms with E-state index in [1.165, 1.54) is 0 Å². The third-order valence-corrected chi connectivity index (χ3v) is 7.19. The molecule has 0 saturated carbocycles. The minimum Gasteiger partial charge on any atom is -0.352 e. The number of benzene rings is 1.